The predicted molar refractivity (Wildman–Crippen MR) is 140 cm³/mol. The van der Waals surface area contributed by atoms with E-state index in [-0.39, 0.29) is 16.5 Å². The van der Waals surface area contributed by atoms with Crippen LogP contribution >= 0.6 is 0 Å². The molecule has 3 aromatic rings. The van der Waals surface area contributed by atoms with Gasteiger partial charge in [0.2, 0.25) is 0 Å². The maximum atomic E-state index is 13.0. The maximum absolute atomic E-state index is 13.0. The topological polar surface area (TPSA) is 78.7 Å². The Morgan fingerprint density at radius 3 is 2.29 bits per heavy atom. The van der Waals surface area contributed by atoms with Gasteiger partial charge in [-0.05, 0) is 47.7 Å². The molecule has 3 aromatic carbocycles. The van der Waals surface area contributed by atoms with Gasteiger partial charge in [0.1, 0.15) is 5.69 Å². The van der Waals surface area contributed by atoms with Gasteiger partial charge in [0.25, 0.3) is 11.6 Å². The largest absolute Gasteiger partial charge is 0.379 e. The lowest BCUT2D eigenvalue weighted by atomic mass is 10.0. The Balaban J connectivity index is 1.39. The number of nitro benzene ring substituents is 1. The molecule has 1 aliphatic rings. The molecule has 0 bridgehead atoms. The SMILES string of the molecule is CC(C)c1ccc(C(=O)N2CCN(c3ccc([N+](=O)[O-])c(NCCc4ccccc4)c3)CC2)cc1. The van der Waals surface area contributed by atoms with Gasteiger partial charge in [-0.25, -0.2) is 0 Å². The van der Waals surface area contributed by atoms with Gasteiger partial charge in [0, 0.05) is 50.0 Å². The van der Waals surface area contributed by atoms with Crippen molar-refractivity contribution >= 4 is 23.0 Å². The number of carbonyl (C=O) groups is 1. The first-order valence-electron chi connectivity index (χ1n) is 12.1. The lowest BCUT2D eigenvalue weighted by molar-refractivity contribution is -0.383. The molecule has 0 aliphatic carbocycles. The number of nitrogens with zero attached hydrogens (tertiary/aromatic N) is 3. The van der Waals surface area contributed by atoms with Crippen molar-refractivity contribution in [3.05, 3.63) is 99.6 Å². The monoisotopic (exact) mass is 472 g/mol. The number of rotatable bonds is 8. The number of amides is 1. The first-order valence-corrected chi connectivity index (χ1v) is 12.1. The molecule has 1 N–H and O–H groups in total. The van der Waals surface area contributed by atoms with Gasteiger partial charge in [-0.3, -0.25) is 14.9 Å². The molecule has 0 radical (unpaired) electrons. The highest BCUT2D eigenvalue weighted by Crippen LogP contribution is 2.30. The second kappa shape index (κ2) is 11.0. The Labute approximate surface area is 206 Å². The van der Waals surface area contributed by atoms with E-state index in [0.717, 1.165) is 12.1 Å². The highest BCUT2D eigenvalue weighted by atomic mass is 16.6. The van der Waals surface area contributed by atoms with Crippen molar-refractivity contribution in [2.24, 2.45) is 0 Å². The van der Waals surface area contributed by atoms with Crippen LogP contribution in [0.5, 0.6) is 0 Å². The summed E-state index contributed by atoms with van der Waals surface area (Å²) >= 11 is 0. The van der Waals surface area contributed by atoms with Crippen molar-refractivity contribution in [1.29, 1.82) is 0 Å². The predicted octanol–water partition coefficient (Wildman–Crippen LogP) is 5.34. The quantitative estimate of drug-likeness (QED) is 0.354. The van der Waals surface area contributed by atoms with Crippen LogP contribution in [0.2, 0.25) is 0 Å². The molecule has 0 aromatic heterocycles. The Hall–Kier alpha value is -3.87. The van der Waals surface area contributed by atoms with Crippen LogP contribution in [0.4, 0.5) is 17.1 Å². The summed E-state index contributed by atoms with van der Waals surface area (Å²) in [6, 6.07) is 23.1. The standard InChI is InChI=1S/C28H32N4O3/c1-21(2)23-8-10-24(11-9-23)28(33)31-18-16-30(17-19-31)25-12-13-27(32(34)35)26(20-25)29-15-14-22-6-4-3-5-7-22/h3-13,20-21,29H,14-19H2,1-2H3. The Morgan fingerprint density at radius 1 is 0.971 bits per heavy atom. The Kier molecular flexibility index (Phi) is 7.65. The first kappa shape index (κ1) is 24.3. The Morgan fingerprint density at radius 2 is 1.66 bits per heavy atom. The lowest BCUT2D eigenvalue weighted by Crippen LogP contribution is -2.48. The third-order valence-corrected chi connectivity index (χ3v) is 6.51. The molecule has 35 heavy (non-hydrogen) atoms. The van der Waals surface area contributed by atoms with Crippen LogP contribution in [0.25, 0.3) is 0 Å². The Bertz CT molecular complexity index is 1150. The van der Waals surface area contributed by atoms with E-state index in [4.69, 9.17) is 0 Å². The van der Waals surface area contributed by atoms with Crippen LogP contribution in [0.15, 0.2) is 72.8 Å². The summed E-state index contributed by atoms with van der Waals surface area (Å²) in [7, 11) is 0. The number of nitrogens with one attached hydrogen (secondary N) is 1. The third-order valence-electron chi connectivity index (χ3n) is 6.51. The molecule has 7 heteroatoms. The minimum Gasteiger partial charge on any atom is -0.379 e. The molecule has 182 valence electrons. The van der Waals surface area contributed by atoms with Crippen LogP contribution in [0.3, 0.4) is 0 Å². The second-order valence-electron chi connectivity index (χ2n) is 9.18. The van der Waals surface area contributed by atoms with Crippen LogP contribution in [0.1, 0.15) is 41.3 Å². The summed E-state index contributed by atoms with van der Waals surface area (Å²) in [5.74, 6) is 0.481. The van der Waals surface area contributed by atoms with Crippen LogP contribution in [-0.2, 0) is 6.42 Å². The number of hydrogen-bond acceptors (Lipinski definition) is 5. The zero-order chi connectivity index (χ0) is 24.8. The molecule has 4 rings (SSSR count). The molecule has 1 saturated heterocycles. The van der Waals surface area contributed by atoms with Gasteiger partial charge in [-0.1, -0.05) is 56.3 Å². The van der Waals surface area contributed by atoms with E-state index in [1.165, 1.54) is 11.1 Å². The van der Waals surface area contributed by atoms with E-state index in [1.807, 2.05) is 65.6 Å². The number of anilines is 2. The molecule has 7 nitrogen and oxygen atoms in total. The second-order valence-corrected chi connectivity index (χ2v) is 9.18. The van der Waals surface area contributed by atoms with E-state index in [2.05, 4.69) is 24.1 Å². The van der Waals surface area contributed by atoms with Gasteiger partial charge in [-0.2, -0.15) is 0 Å². The minimum absolute atomic E-state index is 0.0481. The van der Waals surface area contributed by atoms with Gasteiger partial charge in [-0.15, -0.1) is 0 Å². The molecular weight excluding hydrogens is 440 g/mol. The number of carbonyl (C=O) groups excluding carboxylic acids is 1. The fourth-order valence-electron chi connectivity index (χ4n) is 4.37. The van der Waals surface area contributed by atoms with Crippen molar-refractivity contribution in [2.75, 3.05) is 42.9 Å². The summed E-state index contributed by atoms with van der Waals surface area (Å²) in [5.41, 5.74) is 4.62. The van der Waals surface area contributed by atoms with E-state index in [0.29, 0.717) is 49.9 Å². The molecule has 0 spiro atoms. The van der Waals surface area contributed by atoms with Crippen molar-refractivity contribution in [3.63, 3.8) is 0 Å². The van der Waals surface area contributed by atoms with E-state index in [9.17, 15) is 14.9 Å². The summed E-state index contributed by atoms with van der Waals surface area (Å²) in [6.45, 7) is 7.45. The van der Waals surface area contributed by atoms with Crippen molar-refractivity contribution in [2.45, 2.75) is 26.2 Å². The van der Waals surface area contributed by atoms with Crippen molar-refractivity contribution in [3.8, 4) is 0 Å². The van der Waals surface area contributed by atoms with Gasteiger partial charge < -0.3 is 15.1 Å². The van der Waals surface area contributed by atoms with Gasteiger partial charge >= 0.3 is 0 Å². The average molecular weight is 473 g/mol. The van der Waals surface area contributed by atoms with Gasteiger partial charge in [0.15, 0.2) is 0 Å². The fourth-order valence-corrected chi connectivity index (χ4v) is 4.37. The summed E-state index contributed by atoms with van der Waals surface area (Å²) in [5, 5.41) is 14.8. The van der Waals surface area contributed by atoms with Crippen molar-refractivity contribution < 1.29 is 9.72 Å². The smallest absolute Gasteiger partial charge is 0.292 e. The fraction of sp³-hybridized carbons (Fsp3) is 0.321. The highest BCUT2D eigenvalue weighted by molar-refractivity contribution is 5.94. The summed E-state index contributed by atoms with van der Waals surface area (Å²) in [6.07, 6.45) is 0.779. The third kappa shape index (κ3) is 5.98. The zero-order valence-corrected chi connectivity index (χ0v) is 20.3. The molecule has 1 heterocycles. The average Bonchev–Trinajstić information content (AvgIpc) is 2.89. The lowest BCUT2D eigenvalue weighted by Gasteiger charge is -2.36. The zero-order valence-electron chi connectivity index (χ0n) is 20.3. The molecule has 0 unspecified atom stereocenters. The van der Waals surface area contributed by atoms with Crippen LogP contribution in [0, 0.1) is 10.1 Å². The summed E-state index contributed by atoms with van der Waals surface area (Å²) < 4.78 is 0. The molecular formula is C28H32N4O3. The number of hydrogen-bond donors (Lipinski definition) is 1. The van der Waals surface area contributed by atoms with Crippen molar-refractivity contribution in [1.82, 2.24) is 4.90 Å². The van der Waals surface area contributed by atoms with Gasteiger partial charge in [0.05, 0.1) is 4.92 Å². The molecule has 1 aliphatic heterocycles. The van der Waals surface area contributed by atoms with E-state index < -0.39 is 0 Å². The maximum Gasteiger partial charge on any atom is 0.292 e. The van der Waals surface area contributed by atoms with Crippen LogP contribution < -0.4 is 10.2 Å². The minimum atomic E-state index is -0.351. The molecule has 0 saturated carbocycles. The first-order chi connectivity index (χ1) is 16.9. The normalized spacial score (nSPS) is 13.7. The number of nitro groups is 1. The molecule has 1 fully saturated rings. The van der Waals surface area contributed by atoms with E-state index >= 15 is 0 Å². The van der Waals surface area contributed by atoms with E-state index in [1.54, 1.807) is 12.1 Å². The molecule has 1 amide bonds. The number of benzene rings is 3. The molecule has 0 atom stereocenters. The van der Waals surface area contributed by atoms with Crippen LogP contribution in [-0.4, -0.2) is 48.5 Å². The summed E-state index contributed by atoms with van der Waals surface area (Å²) in [4.78, 5) is 28.2. The highest BCUT2D eigenvalue weighted by Gasteiger charge is 2.24. The number of piperazine rings is 1.